The molecular formula is C17H20BrFO2. The third-order valence-corrected chi connectivity index (χ3v) is 5.51. The van der Waals surface area contributed by atoms with Gasteiger partial charge in [0.2, 0.25) is 0 Å². The van der Waals surface area contributed by atoms with Gasteiger partial charge in [-0.25, -0.2) is 4.39 Å². The lowest BCUT2D eigenvalue weighted by molar-refractivity contribution is -0.111. The molecule has 1 unspecified atom stereocenters. The molecule has 2 aliphatic rings. The third-order valence-electron chi connectivity index (χ3n) is 4.82. The van der Waals surface area contributed by atoms with Crippen LogP contribution in [0.3, 0.4) is 0 Å². The quantitative estimate of drug-likeness (QED) is 0.706. The molecule has 1 heterocycles. The van der Waals surface area contributed by atoms with Crippen molar-refractivity contribution in [2.24, 2.45) is 5.92 Å². The SMILES string of the molecule is O=C(c1cc(F)ccc1Br)C1CCOC2(CCCCC2)C1. The first-order chi connectivity index (χ1) is 10.1. The molecule has 0 amide bonds. The maximum atomic E-state index is 13.4. The predicted molar refractivity (Wildman–Crippen MR) is 82.9 cm³/mol. The zero-order valence-corrected chi connectivity index (χ0v) is 13.6. The molecule has 3 rings (SSSR count). The molecule has 2 fully saturated rings. The Balaban J connectivity index is 1.79. The zero-order valence-electron chi connectivity index (χ0n) is 12.0. The van der Waals surface area contributed by atoms with Crippen molar-refractivity contribution >= 4 is 21.7 Å². The van der Waals surface area contributed by atoms with E-state index in [-0.39, 0.29) is 23.1 Å². The number of carbonyl (C=O) groups excluding carboxylic acids is 1. The maximum Gasteiger partial charge on any atom is 0.167 e. The molecule has 1 aliphatic heterocycles. The molecule has 2 nitrogen and oxygen atoms in total. The minimum absolute atomic E-state index is 0.0463. The smallest absolute Gasteiger partial charge is 0.167 e. The largest absolute Gasteiger partial charge is 0.375 e. The number of hydrogen-bond acceptors (Lipinski definition) is 2. The second-order valence-electron chi connectivity index (χ2n) is 6.27. The number of Topliss-reactive ketones (excluding diaryl/α,β-unsaturated/α-hetero) is 1. The molecule has 21 heavy (non-hydrogen) atoms. The molecule has 114 valence electrons. The Morgan fingerprint density at radius 2 is 2.05 bits per heavy atom. The van der Waals surface area contributed by atoms with Gasteiger partial charge in [-0.3, -0.25) is 4.79 Å². The minimum Gasteiger partial charge on any atom is -0.375 e. The second-order valence-corrected chi connectivity index (χ2v) is 7.12. The predicted octanol–water partition coefficient (Wildman–Crippen LogP) is 4.90. The summed E-state index contributed by atoms with van der Waals surface area (Å²) in [6.07, 6.45) is 7.27. The number of rotatable bonds is 2. The molecule has 1 saturated heterocycles. The molecule has 1 aliphatic carbocycles. The van der Waals surface area contributed by atoms with Crippen LogP contribution in [0.1, 0.15) is 55.3 Å². The van der Waals surface area contributed by atoms with E-state index in [1.807, 2.05) is 0 Å². The maximum absolute atomic E-state index is 13.4. The first kappa shape index (κ1) is 15.2. The van der Waals surface area contributed by atoms with Gasteiger partial charge < -0.3 is 4.74 Å². The van der Waals surface area contributed by atoms with Crippen LogP contribution in [0.25, 0.3) is 0 Å². The fourth-order valence-corrected chi connectivity index (χ4v) is 4.14. The molecule has 0 N–H and O–H groups in total. The summed E-state index contributed by atoms with van der Waals surface area (Å²) in [4.78, 5) is 12.7. The van der Waals surface area contributed by atoms with Gasteiger partial charge in [-0.2, -0.15) is 0 Å². The van der Waals surface area contributed by atoms with Crippen LogP contribution in [0, 0.1) is 11.7 Å². The van der Waals surface area contributed by atoms with E-state index in [4.69, 9.17) is 4.74 Å². The zero-order chi connectivity index (χ0) is 14.9. The van der Waals surface area contributed by atoms with Crippen molar-refractivity contribution in [3.05, 3.63) is 34.1 Å². The molecule has 1 spiro atoms. The summed E-state index contributed by atoms with van der Waals surface area (Å²) in [6, 6.07) is 4.32. The number of halogens is 2. The number of benzene rings is 1. The lowest BCUT2D eigenvalue weighted by atomic mass is 9.74. The van der Waals surface area contributed by atoms with Gasteiger partial charge in [0, 0.05) is 22.6 Å². The Labute approximate surface area is 133 Å². The van der Waals surface area contributed by atoms with Crippen molar-refractivity contribution in [2.75, 3.05) is 6.61 Å². The highest BCUT2D eigenvalue weighted by Gasteiger charge is 2.41. The Hall–Kier alpha value is -0.740. The van der Waals surface area contributed by atoms with Crippen LogP contribution in [-0.4, -0.2) is 18.0 Å². The Kier molecular flexibility index (Phi) is 4.46. The third kappa shape index (κ3) is 3.21. The topological polar surface area (TPSA) is 26.3 Å². The average Bonchev–Trinajstić information content (AvgIpc) is 2.50. The fraction of sp³-hybridized carbons (Fsp3) is 0.588. The minimum atomic E-state index is -0.360. The Bertz CT molecular complexity index is 532. The van der Waals surface area contributed by atoms with Gasteiger partial charge >= 0.3 is 0 Å². The summed E-state index contributed by atoms with van der Waals surface area (Å²) in [5, 5.41) is 0. The van der Waals surface area contributed by atoms with Gasteiger partial charge in [0.25, 0.3) is 0 Å². The molecule has 1 saturated carbocycles. The van der Waals surface area contributed by atoms with Gasteiger partial charge in [-0.05, 0) is 43.9 Å². The van der Waals surface area contributed by atoms with Crippen LogP contribution in [0.2, 0.25) is 0 Å². The molecular weight excluding hydrogens is 335 g/mol. The van der Waals surface area contributed by atoms with Gasteiger partial charge in [-0.1, -0.05) is 35.2 Å². The van der Waals surface area contributed by atoms with Crippen molar-refractivity contribution in [1.29, 1.82) is 0 Å². The lowest BCUT2D eigenvalue weighted by Gasteiger charge is -2.43. The van der Waals surface area contributed by atoms with E-state index >= 15 is 0 Å². The van der Waals surface area contributed by atoms with Crippen molar-refractivity contribution < 1.29 is 13.9 Å². The summed E-state index contributed by atoms with van der Waals surface area (Å²) in [6.45, 7) is 0.642. The summed E-state index contributed by atoms with van der Waals surface area (Å²) in [5.41, 5.74) is 0.365. The van der Waals surface area contributed by atoms with Crippen molar-refractivity contribution in [1.82, 2.24) is 0 Å². The monoisotopic (exact) mass is 354 g/mol. The van der Waals surface area contributed by atoms with Gasteiger partial charge in [-0.15, -0.1) is 0 Å². The number of ether oxygens (including phenoxy) is 1. The summed E-state index contributed by atoms with van der Waals surface area (Å²) in [5.74, 6) is -0.356. The van der Waals surface area contributed by atoms with Crippen LogP contribution in [0.4, 0.5) is 4.39 Å². The average molecular weight is 355 g/mol. The molecule has 0 bridgehead atoms. The highest BCUT2D eigenvalue weighted by atomic mass is 79.9. The summed E-state index contributed by atoms with van der Waals surface area (Å²) >= 11 is 3.37. The Morgan fingerprint density at radius 3 is 2.81 bits per heavy atom. The van der Waals surface area contributed by atoms with E-state index in [2.05, 4.69) is 15.9 Å². The first-order valence-corrected chi connectivity index (χ1v) is 8.52. The second kappa shape index (κ2) is 6.17. The standard InChI is InChI=1S/C17H20BrFO2/c18-15-5-4-13(19)10-14(15)16(20)12-6-9-21-17(11-12)7-2-1-3-8-17/h4-5,10,12H,1-3,6-9,11H2. The Morgan fingerprint density at radius 1 is 1.29 bits per heavy atom. The molecule has 1 atom stereocenters. The fourth-order valence-electron chi connectivity index (χ4n) is 3.70. The number of ketones is 1. The molecule has 1 aromatic carbocycles. The van der Waals surface area contributed by atoms with E-state index < -0.39 is 0 Å². The van der Waals surface area contributed by atoms with E-state index in [0.29, 0.717) is 16.6 Å². The van der Waals surface area contributed by atoms with Crippen LogP contribution in [-0.2, 0) is 4.74 Å². The van der Waals surface area contributed by atoms with Gasteiger partial charge in [0.05, 0.1) is 5.60 Å². The van der Waals surface area contributed by atoms with E-state index in [9.17, 15) is 9.18 Å². The van der Waals surface area contributed by atoms with Crippen LogP contribution in [0.15, 0.2) is 22.7 Å². The van der Waals surface area contributed by atoms with Crippen LogP contribution < -0.4 is 0 Å². The molecule has 0 radical (unpaired) electrons. The first-order valence-electron chi connectivity index (χ1n) is 7.73. The highest BCUT2D eigenvalue weighted by molar-refractivity contribution is 9.10. The van der Waals surface area contributed by atoms with E-state index in [0.717, 1.165) is 25.7 Å². The highest BCUT2D eigenvalue weighted by Crippen LogP contribution is 2.41. The van der Waals surface area contributed by atoms with E-state index in [1.54, 1.807) is 6.07 Å². The normalized spacial score (nSPS) is 25.0. The van der Waals surface area contributed by atoms with Crippen LogP contribution in [0.5, 0.6) is 0 Å². The molecule has 0 aromatic heterocycles. The van der Waals surface area contributed by atoms with Crippen molar-refractivity contribution in [3.63, 3.8) is 0 Å². The van der Waals surface area contributed by atoms with Crippen molar-refractivity contribution in [3.8, 4) is 0 Å². The number of carbonyl (C=O) groups is 1. The number of hydrogen-bond donors (Lipinski definition) is 0. The molecule has 1 aromatic rings. The van der Waals surface area contributed by atoms with Gasteiger partial charge in [0.1, 0.15) is 5.82 Å². The van der Waals surface area contributed by atoms with Crippen molar-refractivity contribution in [2.45, 2.75) is 50.5 Å². The van der Waals surface area contributed by atoms with Gasteiger partial charge in [0.15, 0.2) is 5.78 Å². The van der Waals surface area contributed by atoms with E-state index in [1.165, 1.54) is 31.4 Å². The van der Waals surface area contributed by atoms with Crippen LogP contribution >= 0.6 is 15.9 Å². The molecule has 4 heteroatoms. The summed E-state index contributed by atoms with van der Waals surface area (Å²) in [7, 11) is 0. The lowest BCUT2D eigenvalue weighted by Crippen LogP contribution is -2.43. The summed E-state index contributed by atoms with van der Waals surface area (Å²) < 4.78 is 20.1.